The van der Waals surface area contributed by atoms with Gasteiger partial charge >= 0.3 is 11.9 Å². The molecular weight excluding hydrogens is 393 g/mol. The first kappa shape index (κ1) is 20.4. The van der Waals surface area contributed by atoms with Gasteiger partial charge in [-0.3, -0.25) is 9.88 Å². The fourth-order valence-electron chi connectivity index (χ4n) is 3.84. The lowest BCUT2D eigenvalue weighted by molar-refractivity contribution is -0.137. The number of rotatable bonds is 5. The topological polar surface area (TPSA) is 53.9 Å². The van der Waals surface area contributed by atoms with Crippen LogP contribution in [-0.4, -0.2) is 32.8 Å². The second-order valence-corrected chi connectivity index (χ2v) is 7.70. The molecule has 0 aliphatic carbocycles. The molecule has 3 aromatic rings. The highest BCUT2D eigenvalue weighted by atomic mass is 19.4. The summed E-state index contributed by atoms with van der Waals surface area (Å²) in [5.41, 5.74) is 1.05. The van der Waals surface area contributed by atoms with E-state index in [4.69, 9.17) is 0 Å². The maximum Gasteiger partial charge on any atom is 0.416 e. The maximum absolute atomic E-state index is 12.7. The molecule has 1 aliphatic heterocycles. The highest BCUT2D eigenvalue weighted by Gasteiger charge is 2.30. The van der Waals surface area contributed by atoms with E-state index in [9.17, 15) is 18.0 Å². The first-order valence-corrected chi connectivity index (χ1v) is 9.98. The van der Waals surface area contributed by atoms with Crippen LogP contribution in [0.4, 0.5) is 13.2 Å². The van der Waals surface area contributed by atoms with E-state index >= 15 is 0 Å². The van der Waals surface area contributed by atoms with Gasteiger partial charge in [-0.15, -0.1) is 0 Å². The van der Waals surface area contributed by atoms with Gasteiger partial charge in [-0.2, -0.15) is 18.3 Å². The number of likely N-dealkylation sites (tertiary alicyclic amines) is 1. The second kappa shape index (κ2) is 8.47. The summed E-state index contributed by atoms with van der Waals surface area (Å²) < 4.78 is 39.5. The predicted molar refractivity (Wildman–Crippen MR) is 107 cm³/mol. The SMILES string of the molecule is O=c1[nH]c(C2CCN(Cc3ccc(C(F)(F)F)cc3)CC2)nn1Cc1ccccc1. The van der Waals surface area contributed by atoms with E-state index in [-0.39, 0.29) is 11.6 Å². The molecule has 0 atom stereocenters. The van der Waals surface area contributed by atoms with Gasteiger partial charge in [-0.05, 0) is 49.2 Å². The van der Waals surface area contributed by atoms with Crippen LogP contribution in [0.1, 0.15) is 41.3 Å². The lowest BCUT2D eigenvalue weighted by Crippen LogP contribution is -2.32. The van der Waals surface area contributed by atoms with Crippen molar-refractivity contribution in [1.29, 1.82) is 0 Å². The molecule has 30 heavy (non-hydrogen) atoms. The molecule has 0 amide bonds. The molecule has 1 aliphatic rings. The normalized spacial score (nSPS) is 16.1. The van der Waals surface area contributed by atoms with Gasteiger partial charge in [0.1, 0.15) is 5.82 Å². The van der Waals surface area contributed by atoms with Crippen LogP contribution in [0.5, 0.6) is 0 Å². The minimum absolute atomic E-state index is 0.179. The van der Waals surface area contributed by atoms with E-state index in [1.165, 1.54) is 16.8 Å². The van der Waals surface area contributed by atoms with Gasteiger partial charge in [0.15, 0.2) is 0 Å². The average Bonchev–Trinajstić information content (AvgIpc) is 3.09. The summed E-state index contributed by atoms with van der Waals surface area (Å²) >= 11 is 0. The number of hydrogen-bond acceptors (Lipinski definition) is 3. The Kier molecular flexibility index (Phi) is 5.76. The number of aromatic amines is 1. The smallest absolute Gasteiger partial charge is 0.299 e. The van der Waals surface area contributed by atoms with Crippen LogP contribution in [0.2, 0.25) is 0 Å². The van der Waals surface area contributed by atoms with E-state index in [0.717, 1.165) is 49.2 Å². The highest BCUT2D eigenvalue weighted by Crippen LogP contribution is 2.30. The van der Waals surface area contributed by atoms with Gasteiger partial charge in [0.05, 0.1) is 12.1 Å². The molecule has 8 heteroatoms. The summed E-state index contributed by atoms with van der Waals surface area (Å²) in [4.78, 5) is 17.4. The standard InChI is InChI=1S/C22H23F3N4O/c23-22(24,25)19-8-6-17(7-9-19)14-28-12-10-18(11-13-28)20-26-21(30)29(27-20)15-16-4-2-1-3-5-16/h1-9,18H,10-15H2,(H,26,27,30). The Morgan fingerprint density at radius 3 is 2.20 bits per heavy atom. The van der Waals surface area contributed by atoms with Crippen LogP contribution in [0.3, 0.4) is 0 Å². The van der Waals surface area contributed by atoms with Crippen molar-refractivity contribution in [2.75, 3.05) is 13.1 Å². The molecular formula is C22H23F3N4O. The molecule has 1 saturated heterocycles. The first-order valence-electron chi connectivity index (χ1n) is 9.98. The van der Waals surface area contributed by atoms with Crippen molar-refractivity contribution in [3.63, 3.8) is 0 Å². The van der Waals surface area contributed by atoms with Crippen molar-refractivity contribution in [3.8, 4) is 0 Å². The van der Waals surface area contributed by atoms with Crippen LogP contribution in [0, 0.1) is 0 Å². The summed E-state index contributed by atoms with van der Waals surface area (Å²) in [5.74, 6) is 0.892. The van der Waals surface area contributed by atoms with Crippen molar-refractivity contribution >= 4 is 0 Å². The average molecular weight is 416 g/mol. The number of hydrogen-bond donors (Lipinski definition) is 1. The number of benzene rings is 2. The number of H-pyrrole nitrogens is 1. The Morgan fingerprint density at radius 1 is 0.933 bits per heavy atom. The van der Waals surface area contributed by atoms with Crippen LogP contribution in [0.25, 0.3) is 0 Å². The van der Waals surface area contributed by atoms with Gasteiger partial charge in [0.25, 0.3) is 0 Å². The van der Waals surface area contributed by atoms with E-state index in [0.29, 0.717) is 18.9 Å². The molecule has 0 bridgehead atoms. The van der Waals surface area contributed by atoms with Gasteiger partial charge in [-0.25, -0.2) is 9.48 Å². The number of aromatic nitrogens is 3. The zero-order valence-corrected chi connectivity index (χ0v) is 16.4. The summed E-state index contributed by atoms with van der Waals surface area (Å²) in [5, 5.41) is 4.49. The molecule has 1 fully saturated rings. The van der Waals surface area contributed by atoms with Gasteiger partial charge in [-0.1, -0.05) is 42.5 Å². The Morgan fingerprint density at radius 2 is 1.57 bits per heavy atom. The van der Waals surface area contributed by atoms with Crippen molar-refractivity contribution in [2.24, 2.45) is 0 Å². The molecule has 2 aromatic carbocycles. The van der Waals surface area contributed by atoms with Gasteiger partial charge in [0, 0.05) is 12.5 Å². The van der Waals surface area contributed by atoms with Crippen molar-refractivity contribution in [1.82, 2.24) is 19.7 Å². The van der Waals surface area contributed by atoms with Crippen LogP contribution >= 0.6 is 0 Å². The number of nitrogens with one attached hydrogen (secondary N) is 1. The number of halogens is 3. The summed E-state index contributed by atoms with van der Waals surface area (Å²) in [6.45, 7) is 2.66. The van der Waals surface area contributed by atoms with Crippen LogP contribution in [-0.2, 0) is 19.3 Å². The minimum Gasteiger partial charge on any atom is -0.299 e. The molecule has 0 saturated carbocycles. The summed E-state index contributed by atoms with van der Waals surface area (Å²) in [7, 11) is 0. The van der Waals surface area contributed by atoms with Crippen molar-refractivity contribution in [3.05, 3.63) is 87.6 Å². The minimum atomic E-state index is -4.31. The lowest BCUT2D eigenvalue weighted by atomic mass is 9.96. The number of alkyl halides is 3. The molecule has 158 valence electrons. The number of nitrogens with zero attached hydrogens (tertiary/aromatic N) is 3. The molecule has 4 rings (SSSR count). The van der Waals surface area contributed by atoms with Crippen LogP contribution < -0.4 is 5.69 Å². The highest BCUT2D eigenvalue weighted by molar-refractivity contribution is 5.24. The van der Waals surface area contributed by atoms with E-state index in [1.54, 1.807) is 0 Å². The van der Waals surface area contributed by atoms with E-state index in [1.807, 2.05) is 30.3 Å². The molecule has 5 nitrogen and oxygen atoms in total. The molecule has 1 N–H and O–H groups in total. The third kappa shape index (κ3) is 4.81. The third-order valence-electron chi connectivity index (χ3n) is 5.53. The fraction of sp³-hybridized carbons (Fsp3) is 0.364. The van der Waals surface area contributed by atoms with Crippen molar-refractivity contribution in [2.45, 2.75) is 38.0 Å². The van der Waals surface area contributed by atoms with Gasteiger partial charge in [0.2, 0.25) is 0 Å². The summed E-state index contributed by atoms with van der Waals surface area (Å²) in [6.07, 6.45) is -2.62. The zero-order chi connectivity index (χ0) is 21.1. The largest absolute Gasteiger partial charge is 0.416 e. The fourth-order valence-corrected chi connectivity index (χ4v) is 3.84. The summed E-state index contributed by atoms with van der Waals surface area (Å²) in [6, 6.07) is 15.1. The molecule has 0 radical (unpaired) electrons. The Hall–Kier alpha value is -2.87. The quantitative estimate of drug-likeness (QED) is 0.684. The molecule has 1 aromatic heterocycles. The zero-order valence-electron chi connectivity index (χ0n) is 16.4. The molecule has 2 heterocycles. The monoisotopic (exact) mass is 416 g/mol. The van der Waals surface area contributed by atoms with Gasteiger partial charge < -0.3 is 0 Å². The Balaban J connectivity index is 1.33. The molecule has 0 unspecified atom stereocenters. The predicted octanol–water partition coefficient (Wildman–Crippen LogP) is 4.02. The lowest BCUT2D eigenvalue weighted by Gasteiger charge is -2.30. The van der Waals surface area contributed by atoms with E-state index < -0.39 is 11.7 Å². The maximum atomic E-state index is 12.7. The first-order chi connectivity index (χ1) is 14.4. The van der Waals surface area contributed by atoms with E-state index in [2.05, 4.69) is 15.0 Å². The Labute approximate surface area is 172 Å². The third-order valence-corrected chi connectivity index (χ3v) is 5.53. The Bertz CT molecular complexity index is 1020. The van der Waals surface area contributed by atoms with Crippen LogP contribution in [0.15, 0.2) is 59.4 Å². The molecule has 0 spiro atoms. The van der Waals surface area contributed by atoms with Crippen molar-refractivity contribution < 1.29 is 13.2 Å². The number of piperidine rings is 1. The second-order valence-electron chi connectivity index (χ2n) is 7.70.